The zero-order valence-corrected chi connectivity index (χ0v) is 11.8. The van der Waals surface area contributed by atoms with E-state index in [2.05, 4.69) is 16.8 Å². The predicted octanol–water partition coefficient (Wildman–Crippen LogP) is 1.48. The summed E-state index contributed by atoms with van der Waals surface area (Å²) < 4.78 is 0. The van der Waals surface area contributed by atoms with E-state index in [1.54, 1.807) is 0 Å². The molecule has 0 spiro atoms. The first-order valence-corrected chi connectivity index (χ1v) is 6.93. The van der Waals surface area contributed by atoms with Crippen molar-refractivity contribution >= 4 is 5.69 Å². The zero-order chi connectivity index (χ0) is 14.5. The summed E-state index contributed by atoms with van der Waals surface area (Å²) in [5.41, 5.74) is 0.700. The monoisotopic (exact) mass is 279 g/mol. The van der Waals surface area contributed by atoms with Crippen LogP contribution in [0.15, 0.2) is 18.2 Å². The Bertz CT molecular complexity index is 471. The SMILES string of the molecule is CN1CCN(CCCc2cc([N+](=O)[O-])ccc2O)CC1. The maximum atomic E-state index is 10.7. The standard InChI is InChI=1S/C14H21N3O3/c1-15-7-9-16(10-8-15)6-2-3-12-11-13(17(19)20)4-5-14(12)18/h4-5,11,18H,2-3,6-10H2,1H3. The summed E-state index contributed by atoms with van der Waals surface area (Å²) in [4.78, 5) is 15.0. The first-order valence-electron chi connectivity index (χ1n) is 6.93. The third-order valence-electron chi connectivity index (χ3n) is 3.79. The molecule has 1 aliphatic rings. The molecule has 1 aromatic carbocycles. The molecule has 1 fully saturated rings. The normalized spacial score (nSPS) is 17.2. The second-order valence-corrected chi connectivity index (χ2v) is 5.32. The minimum atomic E-state index is -0.427. The number of rotatable bonds is 5. The summed E-state index contributed by atoms with van der Waals surface area (Å²) in [5.74, 6) is 0.147. The van der Waals surface area contributed by atoms with Gasteiger partial charge in [0.2, 0.25) is 0 Å². The molecule has 0 radical (unpaired) electrons. The quantitative estimate of drug-likeness (QED) is 0.653. The molecule has 0 saturated carbocycles. The number of piperazine rings is 1. The molecule has 1 saturated heterocycles. The predicted molar refractivity (Wildman–Crippen MR) is 77.0 cm³/mol. The molecular weight excluding hydrogens is 258 g/mol. The molecule has 2 rings (SSSR count). The number of aromatic hydroxyl groups is 1. The highest BCUT2D eigenvalue weighted by Gasteiger charge is 2.14. The summed E-state index contributed by atoms with van der Waals surface area (Å²) >= 11 is 0. The van der Waals surface area contributed by atoms with Crippen LogP contribution in [0.2, 0.25) is 0 Å². The molecule has 1 aliphatic heterocycles. The van der Waals surface area contributed by atoms with E-state index >= 15 is 0 Å². The van der Waals surface area contributed by atoms with Crippen LogP contribution >= 0.6 is 0 Å². The number of aryl methyl sites for hydroxylation is 1. The van der Waals surface area contributed by atoms with Gasteiger partial charge in [-0.15, -0.1) is 0 Å². The number of hydrogen-bond acceptors (Lipinski definition) is 5. The number of phenols is 1. The molecule has 110 valence electrons. The summed E-state index contributed by atoms with van der Waals surface area (Å²) in [6.07, 6.45) is 1.57. The molecule has 1 aromatic rings. The van der Waals surface area contributed by atoms with Crippen LogP contribution in [0.5, 0.6) is 5.75 Å². The molecular formula is C14H21N3O3. The smallest absolute Gasteiger partial charge is 0.269 e. The summed E-state index contributed by atoms with van der Waals surface area (Å²) in [7, 11) is 2.12. The number of benzene rings is 1. The van der Waals surface area contributed by atoms with Crippen molar-refractivity contribution < 1.29 is 10.0 Å². The Balaban J connectivity index is 1.84. The number of nitro groups is 1. The van der Waals surface area contributed by atoms with E-state index in [9.17, 15) is 15.2 Å². The molecule has 6 nitrogen and oxygen atoms in total. The number of non-ortho nitro benzene ring substituents is 1. The van der Waals surface area contributed by atoms with Crippen molar-refractivity contribution in [3.8, 4) is 5.75 Å². The Labute approximate surface area is 118 Å². The van der Waals surface area contributed by atoms with Gasteiger partial charge >= 0.3 is 0 Å². The number of likely N-dealkylation sites (N-methyl/N-ethyl adjacent to an activating group) is 1. The van der Waals surface area contributed by atoms with Crippen LogP contribution in [-0.2, 0) is 6.42 Å². The molecule has 20 heavy (non-hydrogen) atoms. The van der Waals surface area contributed by atoms with Gasteiger partial charge in [0.15, 0.2) is 0 Å². The van der Waals surface area contributed by atoms with Gasteiger partial charge in [-0.1, -0.05) is 0 Å². The molecule has 0 aliphatic carbocycles. The van der Waals surface area contributed by atoms with Gasteiger partial charge in [-0.2, -0.15) is 0 Å². The molecule has 0 unspecified atom stereocenters. The van der Waals surface area contributed by atoms with E-state index in [4.69, 9.17) is 0 Å². The van der Waals surface area contributed by atoms with E-state index in [1.165, 1.54) is 18.2 Å². The fraction of sp³-hybridized carbons (Fsp3) is 0.571. The van der Waals surface area contributed by atoms with Crippen LogP contribution in [0.3, 0.4) is 0 Å². The van der Waals surface area contributed by atoms with Crippen LogP contribution in [0.4, 0.5) is 5.69 Å². The van der Waals surface area contributed by atoms with Gasteiger partial charge < -0.3 is 14.9 Å². The molecule has 0 amide bonds. The number of nitrogens with zero attached hydrogens (tertiary/aromatic N) is 3. The Hall–Kier alpha value is -1.66. The highest BCUT2D eigenvalue weighted by Crippen LogP contribution is 2.24. The van der Waals surface area contributed by atoms with Crippen molar-refractivity contribution in [2.45, 2.75) is 12.8 Å². The highest BCUT2D eigenvalue weighted by atomic mass is 16.6. The van der Waals surface area contributed by atoms with E-state index in [-0.39, 0.29) is 11.4 Å². The van der Waals surface area contributed by atoms with E-state index in [0.717, 1.165) is 39.1 Å². The lowest BCUT2D eigenvalue weighted by Crippen LogP contribution is -2.44. The Kier molecular flexibility index (Phi) is 4.92. The second-order valence-electron chi connectivity index (χ2n) is 5.32. The highest BCUT2D eigenvalue weighted by molar-refractivity contribution is 5.43. The van der Waals surface area contributed by atoms with Gasteiger partial charge in [-0.05, 0) is 32.5 Å². The van der Waals surface area contributed by atoms with E-state index < -0.39 is 4.92 Å². The van der Waals surface area contributed by atoms with Crippen molar-refractivity contribution in [1.82, 2.24) is 9.80 Å². The Morgan fingerprint density at radius 2 is 2.00 bits per heavy atom. The number of hydrogen-bond donors (Lipinski definition) is 1. The molecule has 0 atom stereocenters. The van der Waals surface area contributed by atoms with Crippen molar-refractivity contribution in [2.24, 2.45) is 0 Å². The molecule has 0 aromatic heterocycles. The first kappa shape index (κ1) is 14.7. The van der Waals surface area contributed by atoms with Crippen LogP contribution in [0.25, 0.3) is 0 Å². The van der Waals surface area contributed by atoms with Crippen molar-refractivity contribution in [3.63, 3.8) is 0 Å². The van der Waals surface area contributed by atoms with Gasteiger partial charge in [-0.25, -0.2) is 0 Å². The number of phenolic OH excluding ortho intramolecular Hbond substituents is 1. The Morgan fingerprint density at radius 1 is 1.30 bits per heavy atom. The second kappa shape index (κ2) is 6.67. The minimum Gasteiger partial charge on any atom is -0.508 e. The van der Waals surface area contributed by atoms with Gasteiger partial charge in [-0.3, -0.25) is 10.1 Å². The average molecular weight is 279 g/mol. The maximum Gasteiger partial charge on any atom is 0.269 e. The maximum absolute atomic E-state index is 10.7. The van der Waals surface area contributed by atoms with Gasteiger partial charge in [0.25, 0.3) is 5.69 Å². The van der Waals surface area contributed by atoms with Gasteiger partial charge in [0, 0.05) is 43.9 Å². The van der Waals surface area contributed by atoms with Crippen molar-refractivity contribution in [3.05, 3.63) is 33.9 Å². The average Bonchev–Trinajstić information content (AvgIpc) is 2.43. The largest absolute Gasteiger partial charge is 0.508 e. The van der Waals surface area contributed by atoms with E-state index in [1.807, 2.05) is 0 Å². The van der Waals surface area contributed by atoms with Crippen LogP contribution in [0, 0.1) is 10.1 Å². The Morgan fingerprint density at radius 3 is 2.65 bits per heavy atom. The molecule has 1 N–H and O–H groups in total. The van der Waals surface area contributed by atoms with Crippen LogP contribution in [-0.4, -0.2) is 59.6 Å². The van der Waals surface area contributed by atoms with Gasteiger partial charge in [0.05, 0.1) is 4.92 Å². The lowest BCUT2D eigenvalue weighted by Gasteiger charge is -2.32. The molecule has 6 heteroatoms. The lowest BCUT2D eigenvalue weighted by molar-refractivity contribution is -0.384. The first-order chi connectivity index (χ1) is 9.56. The number of nitro benzene ring substituents is 1. The third kappa shape index (κ3) is 3.91. The van der Waals surface area contributed by atoms with Crippen molar-refractivity contribution in [2.75, 3.05) is 39.8 Å². The van der Waals surface area contributed by atoms with E-state index in [0.29, 0.717) is 12.0 Å². The topological polar surface area (TPSA) is 69.9 Å². The van der Waals surface area contributed by atoms with Crippen LogP contribution < -0.4 is 0 Å². The van der Waals surface area contributed by atoms with Crippen LogP contribution in [0.1, 0.15) is 12.0 Å². The zero-order valence-electron chi connectivity index (χ0n) is 11.8. The van der Waals surface area contributed by atoms with Crippen molar-refractivity contribution in [1.29, 1.82) is 0 Å². The summed E-state index contributed by atoms with van der Waals surface area (Å²) in [6.45, 7) is 5.27. The fourth-order valence-electron chi connectivity index (χ4n) is 2.45. The summed E-state index contributed by atoms with van der Waals surface area (Å²) in [5, 5.41) is 20.5. The fourth-order valence-corrected chi connectivity index (χ4v) is 2.45. The molecule has 0 bridgehead atoms. The third-order valence-corrected chi connectivity index (χ3v) is 3.79. The lowest BCUT2D eigenvalue weighted by atomic mass is 10.1. The van der Waals surface area contributed by atoms with Gasteiger partial charge in [0.1, 0.15) is 5.75 Å². The minimum absolute atomic E-state index is 0.0393. The summed E-state index contributed by atoms with van der Waals surface area (Å²) in [6, 6.07) is 4.21. The molecule has 1 heterocycles.